The van der Waals surface area contributed by atoms with E-state index in [2.05, 4.69) is 22.5 Å². The highest BCUT2D eigenvalue weighted by Gasteiger charge is 2.22. The summed E-state index contributed by atoms with van der Waals surface area (Å²) in [5.74, 6) is 0.711. The van der Waals surface area contributed by atoms with Crippen LogP contribution in [0.15, 0.2) is 18.3 Å². The molecule has 2 rings (SSSR count). The average molecular weight is 261 g/mol. The molecular formula is C15H23N3O. The fourth-order valence-corrected chi connectivity index (χ4v) is 2.73. The molecule has 0 spiro atoms. The van der Waals surface area contributed by atoms with Crippen LogP contribution in [0.5, 0.6) is 0 Å². The lowest BCUT2D eigenvalue weighted by molar-refractivity contribution is 0.0914. The number of hydrogen-bond acceptors (Lipinski definition) is 3. The Morgan fingerprint density at radius 2 is 2.26 bits per heavy atom. The van der Waals surface area contributed by atoms with Crippen LogP contribution in [0.1, 0.15) is 49.5 Å². The summed E-state index contributed by atoms with van der Waals surface area (Å²) < 4.78 is 0. The Bertz CT molecular complexity index is 416. The van der Waals surface area contributed by atoms with Crippen molar-refractivity contribution in [2.45, 2.75) is 45.1 Å². The Balaban J connectivity index is 1.92. The zero-order valence-corrected chi connectivity index (χ0v) is 11.8. The maximum Gasteiger partial charge on any atom is 0.270 e. The summed E-state index contributed by atoms with van der Waals surface area (Å²) in [5, 5.41) is 6.11. The van der Waals surface area contributed by atoms with Gasteiger partial charge in [-0.25, -0.2) is 4.98 Å². The van der Waals surface area contributed by atoms with Crippen LogP contribution >= 0.6 is 0 Å². The van der Waals surface area contributed by atoms with E-state index in [1.807, 2.05) is 13.1 Å². The number of anilines is 1. The number of carbonyl (C=O) groups excluding carboxylic acids is 1. The molecule has 1 aromatic heterocycles. The maximum atomic E-state index is 12.1. The summed E-state index contributed by atoms with van der Waals surface area (Å²) in [6, 6.07) is 3.95. The molecule has 1 aliphatic rings. The largest absolute Gasteiger partial charge is 0.387 e. The molecule has 1 saturated carbocycles. The fourth-order valence-electron chi connectivity index (χ4n) is 2.73. The Kier molecular flexibility index (Phi) is 4.77. The quantitative estimate of drug-likeness (QED) is 0.876. The molecule has 19 heavy (non-hydrogen) atoms. The van der Waals surface area contributed by atoms with Crippen LogP contribution in [0, 0.1) is 5.92 Å². The topological polar surface area (TPSA) is 54.0 Å². The molecule has 0 aromatic carbocycles. The Labute approximate surface area is 115 Å². The second kappa shape index (κ2) is 6.55. The van der Waals surface area contributed by atoms with Crippen LogP contribution in [0.3, 0.4) is 0 Å². The van der Waals surface area contributed by atoms with Crippen LogP contribution in [0.25, 0.3) is 0 Å². The van der Waals surface area contributed by atoms with Gasteiger partial charge < -0.3 is 10.6 Å². The molecule has 0 radical (unpaired) electrons. The second-order valence-corrected chi connectivity index (χ2v) is 5.29. The van der Waals surface area contributed by atoms with E-state index in [4.69, 9.17) is 0 Å². The van der Waals surface area contributed by atoms with E-state index in [-0.39, 0.29) is 5.91 Å². The van der Waals surface area contributed by atoms with E-state index in [0.29, 0.717) is 11.7 Å². The standard InChI is InChI=1S/C15H23N3O/c1-3-11-5-4-6-12(9-11)18-15(19)14-8-7-13(16-2)10-17-14/h7-8,10-12,16H,3-6,9H2,1-2H3,(H,18,19). The van der Waals surface area contributed by atoms with E-state index in [9.17, 15) is 4.79 Å². The minimum absolute atomic E-state index is 0.0515. The van der Waals surface area contributed by atoms with Crippen LogP contribution < -0.4 is 10.6 Å². The van der Waals surface area contributed by atoms with Gasteiger partial charge >= 0.3 is 0 Å². The highest BCUT2D eigenvalue weighted by Crippen LogP contribution is 2.26. The summed E-state index contributed by atoms with van der Waals surface area (Å²) in [4.78, 5) is 16.3. The van der Waals surface area contributed by atoms with Crippen molar-refractivity contribution < 1.29 is 4.79 Å². The monoisotopic (exact) mass is 261 g/mol. The van der Waals surface area contributed by atoms with Crippen LogP contribution in [0.2, 0.25) is 0 Å². The summed E-state index contributed by atoms with van der Waals surface area (Å²) in [6.07, 6.45) is 7.62. The van der Waals surface area contributed by atoms with Gasteiger partial charge in [0.15, 0.2) is 0 Å². The molecule has 1 amide bonds. The first kappa shape index (κ1) is 13.8. The van der Waals surface area contributed by atoms with Gasteiger partial charge in [-0.3, -0.25) is 4.79 Å². The number of amides is 1. The Morgan fingerprint density at radius 1 is 1.42 bits per heavy atom. The number of aromatic nitrogens is 1. The van der Waals surface area contributed by atoms with E-state index in [0.717, 1.165) is 24.4 Å². The predicted octanol–water partition coefficient (Wildman–Crippen LogP) is 2.82. The molecule has 104 valence electrons. The number of nitrogens with zero attached hydrogens (tertiary/aromatic N) is 1. The lowest BCUT2D eigenvalue weighted by Gasteiger charge is -2.28. The van der Waals surface area contributed by atoms with E-state index in [1.54, 1.807) is 12.3 Å². The summed E-state index contributed by atoms with van der Waals surface area (Å²) in [6.45, 7) is 2.23. The Morgan fingerprint density at radius 3 is 2.89 bits per heavy atom. The first-order chi connectivity index (χ1) is 9.22. The highest BCUT2D eigenvalue weighted by atomic mass is 16.1. The van der Waals surface area contributed by atoms with Gasteiger partial charge in [0.1, 0.15) is 5.69 Å². The molecule has 0 saturated heterocycles. The smallest absolute Gasteiger partial charge is 0.270 e. The molecular weight excluding hydrogens is 238 g/mol. The molecule has 1 fully saturated rings. The third-order valence-electron chi connectivity index (χ3n) is 3.98. The van der Waals surface area contributed by atoms with Gasteiger partial charge in [0.25, 0.3) is 5.91 Å². The van der Waals surface area contributed by atoms with E-state index < -0.39 is 0 Å². The number of carbonyl (C=O) groups is 1. The minimum atomic E-state index is -0.0515. The van der Waals surface area contributed by atoms with Gasteiger partial charge in [-0.2, -0.15) is 0 Å². The number of pyridine rings is 1. The van der Waals surface area contributed by atoms with Gasteiger partial charge in [0.05, 0.1) is 11.9 Å². The van der Waals surface area contributed by atoms with Crippen molar-refractivity contribution in [2.75, 3.05) is 12.4 Å². The second-order valence-electron chi connectivity index (χ2n) is 5.29. The SMILES string of the molecule is CCC1CCCC(NC(=O)c2ccc(NC)cn2)C1. The van der Waals surface area contributed by atoms with Crippen molar-refractivity contribution in [3.8, 4) is 0 Å². The van der Waals surface area contributed by atoms with Crippen LogP contribution in [-0.4, -0.2) is 24.0 Å². The molecule has 0 bridgehead atoms. The molecule has 2 N–H and O–H groups in total. The number of rotatable bonds is 4. The van der Waals surface area contributed by atoms with Crippen molar-refractivity contribution in [2.24, 2.45) is 5.92 Å². The van der Waals surface area contributed by atoms with Crippen molar-refractivity contribution in [3.05, 3.63) is 24.0 Å². The zero-order valence-electron chi connectivity index (χ0n) is 11.8. The predicted molar refractivity (Wildman–Crippen MR) is 77.3 cm³/mol. The van der Waals surface area contributed by atoms with Crippen molar-refractivity contribution in [1.29, 1.82) is 0 Å². The number of hydrogen-bond donors (Lipinski definition) is 2. The average Bonchev–Trinajstić information content (AvgIpc) is 2.47. The lowest BCUT2D eigenvalue weighted by Crippen LogP contribution is -2.38. The van der Waals surface area contributed by atoms with Gasteiger partial charge in [-0.15, -0.1) is 0 Å². The first-order valence-corrected chi connectivity index (χ1v) is 7.17. The number of nitrogens with one attached hydrogen (secondary N) is 2. The molecule has 4 nitrogen and oxygen atoms in total. The fraction of sp³-hybridized carbons (Fsp3) is 0.600. The molecule has 1 aliphatic carbocycles. The summed E-state index contributed by atoms with van der Waals surface area (Å²) in [5.41, 5.74) is 1.41. The molecule has 1 heterocycles. The van der Waals surface area contributed by atoms with Crippen molar-refractivity contribution in [3.63, 3.8) is 0 Å². The normalized spacial score (nSPS) is 22.8. The Hall–Kier alpha value is -1.58. The minimum Gasteiger partial charge on any atom is -0.387 e. The van der Waals surface area contributed by atoms with Crippen molar-refractivity contribution in [1.82, 2.24) is 10.3 Å². The molecule has 2 unspecified atom stereocenters. The first-order valence-electron chi connectivity index (χ1n) is 7.17. The third kappa shape index (κ3) is 3.69. The van der Waals surface area contributed by atoms with Gasteiger partial charge in [-0.1, -0.05) is 26.2 Å². The maximum absolute atomic E-state index is 12.1. The summed E-state index contributed by atoms with van der Waals surface area (Å²) >= 11 is 0. The van der Waals surface area contributed by atoms with Gasteiger partial charge in [0.2, 0.25) is 0 Å². The highest BCUT2D eigenvalue weighted by molar-refractivity contribution is 5.92. The van der Waals surface area contributed by atoms with Crippen LogP contribution in [0.4, 0.5) is 5.69 Å². The van der Waals surface area contributed by atoms with Crippen LogP contribution in [-0.2, 0) is 0 Å². The molecule has 0 aliphatic heterocycles. The van der Waals surface area contributed by atoms with E-state index >= 15 is 0 Å². The molecule has 1 aromatic rings. The van der Waals surface area contributed by atoms with Gasteiger partial charge in [-0.05, 0) is 30.9 Å². The van der Waals surface area contributed by atoms with E-state index in [1.165, 1.54) is 19.3 Å². The van der Waals surface area contributed by atoms with Crippen molar-refractivity contribution >= 4 is 11.6 Å². The lowest BCUT2D eigenvalue weighted by atomic mass is 9.84. The molecule has 4 heteroatoms. The third-order valence-corrected chi connectivity index (χ3v) is 3.98. The molecule has 2 atom stereocenters. The summed E-state index contributed by atoms with van der Waals surface area (Å²) in [7, 11) is 1.84. The van der Waals surface area contributed by atoms with Gasteiger partial charge in [0, 0.05) is 13.1 Å². The zero-order chi connectivity index (χ0) is 13.7.